The number of Topliss-reactive ketones (excluding diaryl/α,β-unsaturated/α-hetero) is 1. The molecule has 0 spiro atoms. The van der Waals surface area contributed by atoms with E-state index in [-0.39, 0.29) is 17.3 Å². The molecule has 0 N–H and O–H groups in total. The number of halogens is 2. The Balaban J connectivity index is 1.52. The van der Waals surface area contributed by atoms with Gasteiger partial charge in [0.2, 0.25) is 5.16 Å². The van der Waals surface area contributed by atoms with E-state index < -0.39 is 6.61 Å². The summed E-state index contributed by atoms with van der Waals surface area (Å²) >= 11 is 1.18. The van der Waals surface area contributed by atoms with Crippen molar-refractivity contribution in [2.75, 3.05) is 5.75 Å². The summed E-state index contributed by atoms with van der Waals surface area (Å²) in [5.41, 5.74) is 2.90. The Morgan fingerprint density at radius 2 is 1.90 bits per heavy atom. The highest BCUT2D eigenvalue weighted by atomic mass is 32.2. The van der Waals surface area contributed by atoms with E-state index in [9.17, 15) is 13.6 Å². The SMILES string of the molecule is CCn1c2ccccc2c2nnc(SCC(=O)c3ccc(OC(F)F)cc3)nc21. The maximum Gasteiger partial charge on any atom is 0.387 e. The van der Waals surface area contributed by atoms with Crippen molar-refractivity contribution in [2.45, 2.75) is 25.2 Å². The highest BCUT2D eigenvalue weighted by molar-refractivity contribution is 7.99. The largest absolute Gasteiger partial charge is 0.435 e. The molecule has 0 bridgehead atoms. The molecule has 0 radical (unpaired) electrons. The van der Waals surface area contributed by atoms with Crippen molar-refractivity contribution in [2.24, 2.45) is 0 Å². The van der Waals surface area contributed by atoms with Crippen molar-refractivity contribution in [3.8, 4) is 5.75 Å². The molecule has 0 atom stereocenters. The van der Waals surface area contributed by atoms with Crippen LogP contribution in [0.3, 0.4) is 0 Å². The molecule has 9 heteroatoms. The number of nitrogens with zero attached hydrogens (tertiary/aromatic N) is 4. The summed E-state index contributed by atoms with van der Waals surface area (Å²) in [5.74, 6) is -0.0536. The van der Waals surface area contributed by atoms with Crippen LogP contribution in [-0.2, 0) is 6.54 Å². The van der Waals surface area contributed by atoms with E-state index in [1.807, 2.05) is 31.2 Å². The van der Waals surface area contributed by atoms with E-state index in [1.165, 1.54) is 36.0 Å². The van der Waals surface area contributed by atoms with E-state index in [1.54, 1.807) is 0 Å². The molecule has 0 aliphatic rings. The Morgan fingerprint density at radius 3 is 2.62 bits per heavy atom. The third-order valence-electron chi connectivity index (χ3n) is 4.40. The molecule has 2 aromatic carbocycles. The maximum atomic E-state index is 12.4. The van der Waals surface area contributed by atoms with Crippen LogP contribution in [0.25, 0.3) is 22.1 Å². The van der Waals surface area contributed by atoms with Crippen LogP contribution in [0.1, 0.15) is 17.3 Å². The van der Waals surface area contributed by atoms with Crippen LogP contribution in [0.2, 0.25) is 0 Å². The van der Waals surface area contributed by atoms with E-state index in [4.69, 9.17) is 0 Å². The fraction of sp³-hybridized carbons (Fsp3) is 0.200. The fourth-order valence-corrected chi connectivity index (χ4v) is 3.78. The summed E-state index contributed by atoms with van der Waals surface area (Å²) in [6.45, 7) is -0.129. The van der Waals surface area contributed by atoms with E-state index in [0.717, 1.165) is 28.6 Å². The summed E-state index contributed by atoms with van der Waals surface area (Å²) in [7, 11) is 0. The number of rotatable bonds is 7. The lowest BCUT2D eigenvalue weighted by atomic mass is 10.1. The number of hydrogen-bond donors (Lipinski definition) is 0. The monoisotopic (exact) mass is 414 g/mol. The van der Waals surface area contributed by atoms with Crippen LogP contribution in [0.4, 0.5) is 8.78 Å². The molecule has 0 aliphatic carbocycles. The molecule has 4 rings (SSSR count). The predicted octanol–water partition coefficient (Wildman–Crippen LogP) is 4.58. The first-order valence-electron chi connectivity index (χ1n) is 8.89. The number of carbonyl (C=O) groups excluding carboxylic acids is 1. The third kappa shape index (κ3) is 3.91. The molecule has 2 heterocycles. The lowest BCUT2D eigenvalue weighted by molar-refractivity contribution is -0.0498. The number of aryl methyl sites for hydroxylation is 1. The summed E-state index contributed by atoms with van der Waals surface area (Å²) in [4.78, 5) is 17.0. The van der Waals surface area contributed by atoms with Crippen LogP contribution in [-0.4, -0.2) is 37.9 Å². The van der Waals surface area contributed by atoms with Gasteiger partial charge in [-0.05, 0) is 37.3 Å². The van der Waals surface area contributed by atoms with Crippen molar-refractivity contribution in [3.05, 3.63) is 54.1 Å². The first kappa shape index (κ1) is 19.3. The highest BCUT2D eigenvalue weighted by Crippen LogP contribution is 2.27. The number of hydrogen-bond acceptors (Lipinski definition) is 6. The Bertz CT molecular complexity index is 1180. The van der Waals surface area contributed by atoms with Gasteiger partial charge in [0.05, 0.1) is 11.3 Å². The molecule has 4 aromatic rings. The van der Waals surface area contributed by atoms with Gasteiger partial charge in [0.25, 0.3) is 0 Å². The molecule has 6 nitrogen and oxygen atoms in total. The smallest absolute Gasteiger partial charge is 0.387 e. The maximum absolute atomic E-state index is 12.4. The number of ketones is 1. The van der Waals surface area contributed by atoms with Crippen LogP contribution in [0.5, 0.6) is 5.75 Å². The molecule has 29 heavy (non-hydrogen) atoms. The van der Waals surface area contributed by atoms with Gasteiger partial charge in [0.1, 0.15) is 11.3 Å². The summed E-state index contributed by atoms with van der Waals surface area (Å²) < 4.78 is 30.8. The van der Waals surface area contributed by atoms with Gasteiger partial charge in [-0.2, -0.15) is 8.78 Å². The minimum atomic E-state index is -2.90. The Kier molecular flexibility index (Phi) is 5.39. The first-order valence-corrected chi connectivity index (χ1v) is 9.88. The predicted molar refractivity (Wildman–Crippen MR) is 107 cm³/mol. The zero-order valence-electron chi connectivity index (χ0n) is 15.4. The normalized spacial score (nSPS) is 11.4. The summed E-state index contributed by atoms with van der Waals surface area (Å²) in [6.07, 6.45) is 0. The average molecular weight is 414 g/mol. The van der Waals surface area contributed by atoms with Gasteiger partial charge < -0.3 is 9.30 Å². The Morgan fingerprint density at radius 1 is 1.14 bits per heavy atom. The topological polar surface area (TPSA) is 69.9 Å². The van der Waals surface area contributed by atoms with Gasteiger partial charge in [-0.15, -0.1) is 10.2 Å². The van der Waals surface area contributed by atoms with Gasteiger partial charge in [0, 0.05) is 17.5 Å². The number of fused-ring (bicyclic) bond motifs is 3. The van der Waals surface area contributed by atoms with Crippen LogP contribution in [0.15, 0.2) is 53.7 Å². The lowest BCUT2D eigenvalue weighted by Crippen LogP contribution is -2.05. The number of carbonyl (C=O) groups is 1. The second-order valence-corrected chi connectivity index (χ2v) is 7.09. The van der Waals surface area contributed by atoms with Crippen LogP contribution < -0.4 is 4.74 Å². The molecule has 0 unspecified atom stereocenters. The molecule has 0 saturated heterocycles. The van der Waals surface area contributed by atoms with Crippen LogP contribution in [0, 0.1) is 0 Å². The number of ether oxygens (including phenoxy) is 1. The minimum Gasteiger partial charge on any atom is -0.435 e. The van der Waals surface area contributed by atoms with E-state index >= 15 is 0 Å². The molecule has 148 valence electrons. The lowest BCUT2D eigenvalue weighted by Gasteiger charge is -2.05. The minimum absolute atomic E-state index is 0.00887. The Hall–Kier alpha value is -3.07. The average Bonchev–Trinajstić information content (AvgIpc) is 3.05. The van der Waals surface area contributed by atoms with Gasteiger partial charge >= 0.3 is 6.61 Å². The number of para-hydroxylation sites is 1. The fourth-order valence-electron chi connectivity index (χ4n) is 3.11. The molecule has 2 aromatic heterocycles. The van der Waals surface area contributed by atoms with Crippen molar-refractivity contribution in [1.29, 1.82) is 0 Å². The molecule has 0 aliphatic heterocycles. The van der Waals surface area contributed by atoms with Gasteiger partial charge in [-0.25, -0.2) is 4.98 Å². The van der Waals surface area contributed by atoms with Crippen LogP contribution >= 0.6 is 11.8 Å². The Labute approximate surface area is 168 Å². The van der Waals surface area contributed by atoms with Crippen molar-refractivity contribution < 1.29 is 18.3 Å². The highest BCUT2D eigenvalue weighted by Gasteiger charge is 2.15. The van der Waals surface area contributed by atoms with E-state index in [2.05, 4.69) is 24.5 Å². The summed E-state index contributed by atoms with van der Waals surface area (Å²) in [6, 6.07) is 13.5. The number of aromatic nitrogens is 4. The second-order valence-electron chi connectivity index (χ2n) is 6.14. The number of alkyl halides is 2. The zero-order chi connectivity index (χ0) is 20.4. The van der Waals surface area contributed by atoms with E-state index in [0.29, 0.717) is 10.7 Å². The van der Waals surface area contributed by atoms with Gasteiger partial charge in [-0.3, -0.25) is 4.79 Å². The number of benzene rings is 2. The van der Waals surface area contributed by atoms with Gasteiger partial charge in [-0.1, -0.05) is 30.0 Å². The molecular weight excluding hydrogens is 398 g/mol. The third-order valence-corrected chi connectivity index (χ3v) is 5.24. The van der Waals surface area contributed by atoms with Gasteiger partial charge in [0.15, 0.2) is 11.4 Å². The molecule has 0 saturated carbocycles. The molecule has 0 amide bonds. The zero-order valence-corrected chi connectivity index (χ0v) is 16.2. The van der Waals surface area contributed by atoms with Crippen molar-refractivity contribution in [1.82, 2.24) is 19.7 Å². The van der Waals surface area contributed by atoms with Crippen molar-refractivity contribution >= 4 is 39.6 Å². The van der Waals surface area contributed by atoms with Crippen molar-refractivity contribution in [3.63, 3.8) is 0 Å². The standard InChI is InChI=1S/C20H16F2N4O2S/c1-2-26-15-6-4-3-5-14(15)17-18(26)23-20(25-24-17)29-11-16(27)12-7-9-13(10-8-12)28-19(21)22/h3-10,19H,2,11H2,1H3. The quantitative estimate of drug-likeness (QED) is 0.326. The summed E-state index contributed by atoms with van der Waals surface area (Å²) in [5, 5.41) is 9.86. The first-order chi connectivity index (χ1) is 14.1. The molecular formula is C20H16F2N4O2S. The number of thioether (sulfide) groups is 1. The molecule has 0 fully saturated rings. The second kappa shape index (κ2) is 8.12.